The van der Waals surface area contributed by atoms with Crippen molar-refractivity contribution in [2.45, 2.75) is 6.54 Å². The van der Waals surface area contributed by atoms with E-state index < -0.39 is 0 Å². The number of ether oxygens (including phenoxy) is 1. The van der Waals surface area contributed by atoms with Gasteiger partial charge in [-0.05, 0) is 30.3 Å². The summed E-state index contributed by atoms with van der Waals surface area (Å²) in [4.78, 5) is 4.22. The Kier molecular flexibility index (Phi) is 3.13. The Morgan fingerprint density at radius 1 is 1.26 bits per heavy atom. The number of nitrogens with zero attached hydrogens (tertiary/aromatic N) is 2. The van der Waals surface area contributed by atoms with E-state index in [2.05, 4.69) is 15.6 Å². The first kappa shape index (κ1) is 12.1. The lowest BCUT2D eigenvalue weighted by atomic mass is 10.2. The average Bonchev–Trinajstić information content (AvgIpc) is 2.82. The number of aromatic nitrogens is 2. The molecule has 0 saturated carbocycles. The first-order valence-electron chi connectivity index (χ1n) is 6.00. The Morgan fingerprint density at radius 2 is 2.16 bits per heavy atom. The molecular formula is C15H13ClN2O. The van der Waals surface area contributed by atoms with Gasteiger partial charge in [-0.2, -0.15) is 0 Å². The third-order valence-corrected chi connectivity index (χ3v) is 3.35. The molecule has 0 aliphatic carbocycles. The summed E-state index contributed by atoms with van der Waals surface area (Å²) in [6.07, 6.45) is 3.78. The summed E-state index contributed by atoms with van der Waals surface area (Å²) in [5.41, 5.74) is 2.20. The normalized spacial score (nSPS) is 10.8. The van der Waals surface area contributed by atoms with Crippen molar-refractivity contribution >= 4 is 22.5 Å². The third-order valence-electron chi connectivity index (χ3n) is 3.12. The van der Waals surface area contributed by atoms with Crippen LogP contribution in [0.4, 0.5) is 0 Å². The van der Waals surface area contributed by atoms with Gasteiger partial charge in [-0.25, -0.2) is 4.98 Å². The molecule has 0 fully saturated rings. The van der Waals surface area contributed by atoms with Crippen molar-refractivity contribution in [3.8, 4) is 5.88 Å². The van der Waals surface area contributed by atoms with Crippen LogP contribution in [0.15, 0.2) is 48.8 Å². The van der Waals surface area contributed by atoms with Crippen LogP contribution in [0, 0.1) is 0 Å². The first-order valence-corrected chi connectivity index (χ1v) is 6.38. The molecule has 1 aromatic carbocycles. The summed E-state index contributed by atoms with van der Waals surface area (Å²) in [6, 6.07) is 11.9. The molecule has 0 bridgehead atoms. The molecule has 0 spiro atoms. The highest BCUT2D eigenvalue weighted by molar-refractivity contribution is 6.31. The maximum atomic E-state index is 6.00. The Bertz CT molecular complexity index is 721. The van der Waals surface area contributed by atoms with Gasteiger partial charge in [0.05, 0.1) is 13.7 Å². The fourth-order valence-electron chi connectivity index (χ4n) is 2.22. The van der Waals surface area contributed by atoms with Crippen molar-refractivity contribution in [2.24, 2.45) is 0 Å². The molecule has 3 rings (SSSR count). The zero-order valence-electron chi connectivity index (χ0n) is 10.5. The topological polar surface area (TPSA) is 27.1 Å². The monoisotopic (exact) mass is 272 g/mol. The van der Waals surface area contributed by atoms with E-state index in [1.165, 1.54) is 0 Å². The maximum absolute atomic E-state index is 6.00. The summed E-state index contributed by atoms with van der Waals surface area (Å²) in [5.74, 6) is 0.665. The van der Waals surface area contributed by atoms with Crippen LogP contribution >= 0.6 is 11.6 Å². The summed E-state index contributed by atoms with van der Waals surface area (Å²) in [6.45, 7) is 0.724. The van der Waals surface area contributed by atoms with Gasteiger partial charge in [0, 0.05) is 33.9 Å². The summed E-state index contributed by atoms with van der Waals surface area (Å²) in [7, 11) is 1.64. The maximum Gasteiger partial charge on any atom is 0.218 e. The quantitative estimate of drug-likeness (QED) is 0.726. The minimum Gasteiger partial charge on any atom is -0.481 e. The molecular weight excluding hydrogens is 260 g/mol. The van der Waals surface area contributed by atoms with Gasteiger partial charge < -0.3 is 9.30 Å². The predicted octanol–water partition coefficient (Wildman–Crippen LogP) is 3.75. The number of pyridine rings is 1. The zero-order chi connectivity index (χ0) is 13.2. The highest BCUT2D eigenvalue weighted by Crippen LogP contribution is 2.23. The molecule has 3 nitrogen and oxygen atoms in total. The van der Waals surface area contributed by atoms with E-state index in [1.807, 2.05) is 36.5 Å². The van der Waals surface area contributed by atoms with Crippen molar-refractivity contribution < 1.29 is 4.74 Å². The standard InChI is InChI=1S/C15H13ClN2O/c1-19-15-12(3-2-7-17-15)10-18-8-6-11-9-13(16)4-5-14(11)18/h2-9H,10H2,1H3. The van der Waals surface area contributed by atoms with Crippen LogP contribution in [0.5, 0.6) is 5.88 Å². The predicted molar refractivity (Wildman–Crippen MR) is 76.8 cm³/mol. The number of fused-ring (bicyclic) bond motifs is 1. The summed E-state index contributed by atoms with van der Waals surface area (Å²) < 4.78 is 7.44. The highest BCUT2D eigenvalue weighted by atomic mass is 35.5. The van der Waals surface area contributed by atoms with E-state index >= 15 is 0 Å². The second-order valence-electron chi connectivity index (χ2n) is 4.32. The molecule has 2 heterocycles. The van der Waals surface area contributed by atoms with Crippen LogP contribution in [0.3, 0.4) is 0 Å². The van der Waals surface area contributed by atoms with Gasteiger partial charge in [-0.3, -0.25) is 0 Å². The Labute approximate surface area is 116 Å². The van der Waals surface area contributed by atoms with E-state index in [9.17, 15) is 0 Å². The van der Waals surface area contributed by atoms with Gasteiger partial charge in [0.2, 0.25) is 5.88 Å². The first-order chi connectivity index (χ1) is 9.28. The summed E-state index contributed by atoms with van der Waals surface area (Å²) in [5, 5.41) is 1.89. The molecule has 0 aliphatic rings. The molecule has 0 amide bonds. The van der Waals surface area contributed by atoms with E-state index in [0.717, 1.165) is 28.0 Å². The van der Waals surface area contributed by atoms with Crippen LogP contribution in [0.2, 0.25) is 5.02 Å². The molecule has 96 valence electrons. The van der Waals surface area contributed by atoms with E-state index in [4.69, 9.17) is 16.3 Å². The van der Waals surface area contributed by atoms with Gasteiger partial charge >= 0.3 is 0 Å². The van der Waals surface area contributed by atoms with Gasteiger partial charge in [-0.1, -0.05) is 17.7 Å². The van der Waals surface area contributed by atoms with Crippen molar-refractivity contribution in [1.29, 1.82) is 0 Å². The Morgan fingerprint density at radius 3 is 3.00 bits per heavy atom. The van der Waals surface area contributed by atoms with Crippen molar-refractivity contribution in [1.82, 2.24) is 9.55 Å². The Balaban J connectivity index is 2.01. The minimum atomic E-state index is 0.665. The lowest BCUT2D eigenvalue weighted by molar-refractivity contribution is 0.391. The van der Waals surface area contributed by atoms with Gasteiger partial charge in [0.25, 0.3) is 0 Å². The zero-order valence-corrected chi connectivity index (χ0v) is 11.3. The molecule has 0 radical (unpaired) electrons. The second-order valence-corrected chi connectivity index (χ2v) is 4.76. The van der Waals surface area contributed by atoms with Crippen molar-refractivity contribution in [3.63, 3.8) is 0 Å². The van der Waals surface area contributed by atoms with E-state index in [1.54, 1.807) is 13.3 Å². The molecule has 0 aliphatic heterocycles. The molecule has 19 heavy (non-hydrogen) atoms. The highest BCUT2D eigenvalue weighted by Gasteiger charge is 2.06. The fraction of sp³-hybridized carbons (Fsp3) is 0.133. The Hall–Kier alpha value is -2.00. The SMILES string of the molecule is COc1ncccc1Cn1ccc2cc(Cl)ccc21. The molecule has 0 unspecified atom stereocenters. The number of halogens is 1. The molecule has 2 aromatic heterocycles. The van der Waals surface area contributed by atoms with Crippen LogP contribution in [0.25, 0.3) is 10.9 Å². The number of rotatable bonds is 3. The van der Waals surface area contributed by atoms with Gasteiger partial charge in [-0.15, -0.1) is 0 Å². The number of hydrogen-bond acceptors (Lipinski definition) is 2. The van der Waals surface area contributed by atoms with E-state index in [0.29, 0.717) is 5.88 Å². The molecule has 0 saturated heterocycles. The third kappa shape index (κ3) is 2.29. The number of benzene rings is 1. The van der Waals surface area contributed by atoms with Crippen molar-refractivity contribution in [2.75, 3.05) is 7.11 Å². The van der Waals surface area contributed by atoms with Crippen LogP contribution in [-0.4, -0.2) is 16.7 Å². The molecule has 0 N–H and O–H groups in total. The molecule has 0 atom stereocenters. The second kappa shape index (κ2) is 4.94. The molecule has 3 aromatic rings. The summed E-state index contributed by atoms with van der Waals surface area (Å²) >= 11 is 6.00. The van der Waals surface area contributed by atoms with Crippen LogP contribution in [-0.2, 0) is 6.54 Å². The lowest BCUT2D eigenvalue weighted by Gasteiger charge is -2.09. The van der Waals surface area contributed by atoms with Crippen molar-refractivity contribution in [3.05, 3.63) is 59.4 Å². The largest absolute Gasteiger partial charge is 0.481 e. The van der Waals surface area contributed by atoms with Crippen LogP contribution < -0.4 is 4.74 Å². The van der Waals surface area contributed by atoms with Gasteiger partial charge in [0.1, 0.15) is 0 Å². The number of methoxy groups -OCH3 is 1. The molecule has 4 heteroatoms. The van der Waals surface area contributed by atoms with Gasteiger partial charge in [0.15, 0.2) is 0 Å². The van der Waals surface area contributed by atoms with Crippen LogP contribution in [0.1, 0.15) is 5.56 Å². The lowest BCUT2D eigenvalue weighted by Crippen LogP contribution is -2.01. The minimum absolute atomic E-state index is 0.665. The number of hydrogen-bond donors (Lipinski definition) is 0. The van der Waals surface area contributed by atoms with E-state index in [-0.39, 0.29) is 0 Å². The fourth-order valence-corrected chi connectivity index (χ4v) is 2.40. The average molecular weight is 273 g/mol. The smallest absolute Gasteiger partial charge is 0.218 e.